The van der Waals surface area contributed by atoms with Crippen LogP contribution in [0, 0.1) is 5.82 Å². The van der Waals surface area contributed by atoms with E-state index in [1.807, 2.05) is 31.2 Å². The van der Waals surface area contributed by atoms with Gasteiger partial charge < -0.3 is 9.26 Å². The first-order valence-corrected chi connectivity index (χ1v) is 9.64. The molecule has 2 heterocycles. The molecule has 0 saturated carbocycles. The van der Waals surface area contributed by atoms with Gasteiger partial charge in [-0.1, -0.05) is 17.3 Å². The molecule has 0 unspecified atom stereocenters. The maximum atomic E-state index is 14.6. The summed E-state index contributed by atoms with van der Waals surface area (Å²) >= 11 is 0. The van der Waals surface area contributed by atoms with Crippen molar-refractivity contribution in [3.63, 3.8) is 0 Å². The van der Waals surface area contributed by atoms with Crippen molar-refractivity contribution >= 4 is 17.5 Å². The van der Waals surface area contributed by atoms with E-state index in [-0.39, 0.29) is 11.6 Å². The summed E-state index contributed by atoms with van der Waals surface area (Å²) in [6.07, 6.45) is 2.96. The van der Waals surface area contributed by atoms with Gasteiger partial charge in [-0.2, -0.15) is 0 Å². The Kier molecular flexibility index (Phi) is 5.70. The number of carbonyl (C=O) groups is 1. The van der Waals surface area contributed by atoms with E-state index in [0.717, 1.165) is 16.2 Å². The molecule has 2 aromatic carbocycles. The van der Waals surface area contributed by atoms with Crippen molar-refractivity contribution in [2.24, 2.45) is 0 Å². The lowest BCUT2D eigenvalue weighted by atomic mass is 10.0. The van der Waals surface area contributed by atoms with Gasteiger partial charge in [0.2, 0.25) is 11.8 Å². The van der Waals surface area contributed by atoms with Gasteiger partial charge in [-0.25, -0.2) is 19.3 Å². The second-order valence-corrected chi connectivity index (χ2v) is 6.57. The van der Waals surface area contributed by atoms with Crippen molar-refractivity contribution in [1.29, 1.82) is 0 Å². The normalized spacial score (nSPS) is 10.7. The fraction of sp³-hybridized carbons (Fsp3) is 0.130. The zero-order valence-corrected chi connectivity index (χ0v) is 16.9. The van der Waals surface area contributed by atoms with Crippen LogP contribution in [0.25, 0.3) is 22.5 Å². The fourth-order valence-corrected chi connectivity index (χ4v) is 3.23. The SMILES string of the molecule is CCOc1ccc(-c2noc(N(C(C)=O)c3ccccc3F)c2-c2ccncn2)cc1. The summed E-state index contributed by atoms with van der Waals surface area (Å²) in [5, 5.41) is 4.20. The lowest BCUT2D eigenvalue weighted by Crippen LogP contribution is -2.24. The summed E-state index contributed by atoms with van der Waals surface area (Å²) in [5.74, 6) is -0.212. The maximum Gasteiger partial charge on any atom is 0.248 e. The van der Waals surface area contributed by atoms with Crippen molar-refractivity contribution in [2.75, 3.05) is 11.5 Å². The molecular formula is C23H19FN4O3. The highest BCUT2D eigenvalue weighted by Crippen LogP contribution is 2.42. The zero-order valence-electron chi connectivity index (χ0n) is 16.9. The van der Waals surface area contributed by atoms with Crippen molar-refractivity contribution in [3.8, 4) is 28.3 Å². The Morgan fingerprint density at radius 1 is 1.13 bits per heavy atom. The Morgan fingerprint density at radius 3 is 2.55 bits per heavy atom. The number of halogens is 1. The fourth-order valence-electron chi connectivity index (χ4n) is 3.23. The number of amides is 1. The molecule has 8 heteroatoms. The molecule has 0 aliphatic rings. The average molecular weight is 418 g/mol. The van der Waals surface area contributed by atoms with E-state index >= 15 is 0 Å². The van der Waals surface area contributed by atoms with Gasteiger partial charge in [0.25, 0.3) is 0 Å². The highest BCUT2D eigenvalue weighted by molar-refractivity contribution is 6.03. The molecule has 0 N–H and O–H groups in total. The van der Waals surface area contributed by atoms with Gasteiger partial charge in [0.15, 0.2) is 0 Å². The molecule has 0 aliphatic heterocycles. The van der Waals surface area contributed by atoms with Gasteiger partial charge in [0.1, 0.15) is 23.6 Å². The Balaban J connectivity index is 1.91. The summed E-state index contributed by atoms with van der Waals surface area (Å²) in [6, 6.07) is 14.9. The molecule has 156 valence electrons. The second-order valence-electron chi connectivity index (χ2n) is 6.57. The smallest absolute Gasteiger partial charge is 0.248 e. The zero-order chi connectivity index (χ0) is 21.8. The maximum absolute atomic E-state index is 14.6. The molecule has 4 aromatic rings. The van der Waals surface area contributed by atoms with E-state index in [9.17, 15) is 9.18 Å². The van der Waals surface area contributed by atoms with Crippen molar-refractivity contribution in [3.05, 3.63) is 72.9 Å². The number of ether oxygens (including phenoxy) is 1. The van der Waals surface area contributed by atoms with E-state index in [1.165, 1.54) is 25.4 Å². The second kappa shape index (κ2) is 8.74. The van der Waals surface area contributed by atoms with Crippen LogP contribution in [0.1, 0.15) is 13.8 Å². The molecule has 1 amide bonds. The summed E-state index contributed by atoms with van der Waals surface area (Å²) in [7, 11) is 0. The largest absolute Gasteiger partial charge is 0.494 e. The predicted octanol–water partition coefficient (Wildman–Crippen LogP) is 5.02. The Bertz CT molecular complexity index is 1190. The molecule has 31 heavy (non-hydrogen) atoms. The first kappa shape index (κ1) is 20.2. The summed E-state index contributed by atoms with van der Waals surface area (Å²) in [5.41, 5.74) is 2.17. The van der Waals surface area contributed by atoms with E-state index in [1.54, 1.807) is 24.4 Å². The topological polar surface area (TPSA) is 81.4 Å². The number of para-hydroxylation sites is 1. The standard InChI is InChI=1S/C23H19FN4O3/c1-3-30-17-10-8-16(9-11-17)22-21(19-12-13-25-14-26-19)23(31-27-22)28(15(2)29)20-7-5-4-6-18(20)24/h4-14H,3H2,1-2H3. The first-order chi connectivity index (χ1) is 15.1. The van der Waals surface area contributed by atoms with E-state index in [0.29, 0.717) is 23.6 Å². The molecule has 0 fully saturated rings. The Hall–Kier alpha value is -4.07. The van der Waals surface area contributed by atoms with Crippen LogP contribution in [0.3, 0.4) is 0 Å². The van der Waals surface area contributed by atoms with Crippen LogP contribution in [-0.2, 0) is 4.79 Å². The summed E-state index contributed by atoms with van der Waals surface area (Å²) < 4.78 is 25.7. The first-order valence-electron chi connectivity index (χ1n) is 9.64. The van der Waals surface area contributed by atoms with Crippen LogP contribution in [0.5, 0.6) is 5.75 Å². The number of hydrogen-bond donors (Lipinski definition) is 0. The molecule has 0 atom stereocenters. The number of carbonyl (C=O) groups excluding carboxylic acids is 1. The third-order valence-corrected chi connectivity index (χ3v) is 4.56. The van der Waals surface area contributed by atoms with Crippen molar-refractivity contribution in [2.45, 2.75) is 13.8 Å². The van der Waals surface area contributed by atoms with Gasteiger partial charge >= 0.3 is 0 Å². The lowest BCUT2D eigenvalue weighted by Gasteiger charge is -2.19. The van der Waals surface area contributed by atoms with Crippen LogP contribution < -0.4 is 9.64 Å². The van der Waals surface area contributed by atoms with Crippen LogP contribution in [0.2, 0.25) is 0 Å². The van der Waals surface area contributed by atoms with E-state index in [2.05, 4.69) is 15.1 Å². The minimum atomic E-state index is -0.564. The minimum Gasteiger partial charge on any atom is -0.494 e. The number of benzene rings is 2. The number of anilines is 2. The van der Waals surface area contributed by atoms with Crippen LogP contribution in [0.4, 0.5) is 16.0 Å². The molecule has 0 spiro atoms. The number of aromatic nitrogens is 3. The predicted molar refractivity (Wildman–Crippen MR) is 113 cm³/mol. The van der Waals surface area contributed by atoms with Gasteiger partial charge in [-0.05, 0) is 49.4 Å². The van der Waals surface area contributed by atoms with E-state index in [4.69, 9.17) is 9.26 Å². The molecule has 7 nitrogen and oxygen atoms in total. The van der Waals surface area contributed by atoms with E-state index < -0.39 is 11.7 Å². The highest BCUT2D eigenvalue weighted by Gasteiger charge is 2.29. The van der Waals surface area contributed by atoms with Gasteiger partial charge in [-0.15, -0.1) is 0 Å². The monoisotopic (exact) mass is 418 g/mol. The minimum absolute atomic E-state index is 0.0553. The molecule has 0 radical (unpaired) electrons. The molecule has 2 aromatic heterocycles. The third kappa shape index (κ3) is 4.00. The number of hydrogen-bond acceptors (Lipinski definition) is 6. The lowest BCUT2D eigenvalue weighted by molar-refractivity contribution is -0.116. The molecular weight excluding hydrogens is 399 g/mol. The molecule has 0 saturated heterocycles. The van der Waals surface area contributed by atoms with Crippen LogP contribution in [0.15, 0.2) is 71.6 Å². The third-order valence-electron chi connectivity index (χ3n) is 4.56. The van der Waals surface area contributed by atoms with Gasteiger partial charge in [0, 0.05) is 18.7 Å². The Morgan fingerprint density at radius 2 is 1.90 bits per heavy atom. The molecule has 0 bridgehead atoms. The highest BCUT2D eigenvalue weighted by atomic mass is 19.1. The van der Waals surface area contributed by atoms with Gasteiger partial charge in [0.05, 0.1) is 23.6 Å². The number of rotatable bonds is 6. The number of nitrogens with zero attached hydrogens (tertiary/aromatic N) is 4. The quantitative estimate of drug-likeness (QED) is 0.437. The van der Waals surface area contributed by atoms with Crippen molar-refractivity contribution in [1.82, 2.24) is 15.1 Å². The summed E-state index contributed by atoms with van der Waals surface area (Å²) in [4.78, 5) is 22.0. The van der Waals surface area contributed by atoms with Gasteiger partial charge in [-0.3, -0.25) is 4.79 Å². The molecule has 4 rings (SSSR count). The van der Waals surface area contributed by atoms with Crippen molar-refractivity contribution < 1.29 is 18.4 Å². The molecule has 0 aliphatic carbocycles. The van der Waals surface area contributed by atoms with Crippen LogP contribution >= 0.6 is 0 Å². The summed E-state index contributed by atoms with van der Waals surface area (Å²) in [6.45, 7) is 3.79. The average Bonchev–Trinajstić information content (AvgIpc) is 3.21. The van der Waals surface area contributed by atoms with Crippen LogP contribution in [-0.4, -0.2) is 27.6 Å². The Labute approximate surface area is 178 Å².